The molecule has 0 bridgehead atoms. The molecule has 88 valence electrons. The highest BCUT2D eigenvalue weighted by Crippen LogP contribution is 2.30. The Labute approximate surface area is 113 Å². The molecular formula is C15H10BrNO. The molecule has 3 heteroatoms. The molecule has 0 aliphatic carbocycles. The van der Waals surface area contributed by atoms with E-state index in [1.807, 2.05) is 48.5 Å². The molecule has 0 aliphatic rings. The SMILES string of the molecule is Oc1cc(-c2ccccc2)nc2cc(Br)ccc12. The highest BCUT2D eigenvalue weighted by molar-refractivity contribution is 9.10. The van der Waals surface area contributed by atoms with E-state index in [1.165, 1.54) is 0 Å². The van der Waals surface area contributed by atoms with Gasteiger partial charge in [0.1, 0.15) is 5.75 Å². The monoisotopic (exact) mass is 299 g/mol. The molecule has 0 atom stereocenters. The van der Waals surface area contributed by atoms with Crippen molar-refractivity contribution in [1.82, 2.24) is 4.98 Å². The Balaban J connectivity index is 2.27. The van der Waals surface area contributed by atoms with Gasteiger partial charge in [-0.2, -0.15) is 0 Å². The second-order valence-electron chi connectivity index (χ2n) is 4.05. The summed E-state index contributed by atoms with van der Waals surface area (Å²) in [5, 5.41) is 10.8. The van der Waals surface area contributed by atoms with Crippen LogP contribution in [0.3, 0.4) is 0 Å². The maximum atomic E-state index is 10.0. The summed E-state index contributed by atoms with van der Waals surface area (Å²) >= 11 is 3.42. The predicted octanol–water partition coefficient (Wildman–Crippen LogP) is 4.37. The summed E-state index contributed by atoms with van der Waals surface area (Å²) in [5.41, 5.74) is 2.55. The van der Waals surface area contributed by atoms with Crippen molar-refractivity contribution < 1.29 is 5.11 Å². The minimum atomic E-state index is 0.256. The van der Waals surface area contributed by atoms with Crippen LogP contribution in [-0.2, 0) is 0 Å². The van der Waals surface area contributed by atoms with Crippen LogP contribution in [0.15, 0.2) is 59.1 Å². The summed E-state index contributed by atoms with van der Waals surface area (Å²) in [6, 6.07) is 17.2. The van der Waals surface area contributed by atoms with E-state index >= 15 is 0 Å². The predicted molar refractivity (Wildman–Crippen MR) is 76.5 cm³/mol. The van der Waals surface area contributed by atoms with Crippen molar-refractivity contribution in [3.63, 3.8) is 0 Å². The third-order valence-corrected chi connectivity index (χ3v) is 3.31. The normalized spacial score (nSPS) is 10.7. The lowest BCUT2D eigenvalue weighted by molar-refractivity contribution is 0.481. The van der Waals surface area contributed by atoms with Gasteiger partial charge in [0.25, 0.3) is 0 Å². The van der Waals surface area contributed by atoms with Crippen LogP contribution >= 0.6 is 15.9 Å². The van der Waals surface area contributed by atoms with Gasteiger partial charge in [-0.15, -0.1) is 0 Å². The summed E-state index contributed by atoms with van der Waals surface area (Å²) in [6.45, 7) is 0. The van der Waals surface area contributed by atoms with Crippen molar-refractivity contribution in [2.24, 2.45) is 0 Å². The fourth-order valence-electron chi connectivity index (χ4n) is 1.94. The van der Waals surface area contributed by atoms with Crippen LogP contribution in [0.2, 0.25) is 0 Å². The zero-order chi connectivity index (χ0) is 12.5. The summed E-state index contributed by atoms with van der Waals surface area (Å²) in [6.07, 6.45) is 0. The van der Waals surface area contributed by atoms with E-state index in [1.54, 1.807) is 6.07 Å². The Morgan fingerprint density at radius 1 is 0.944 bits per heavy atom. The summed E-state index contributed by atoms with van der Waals surface area (Å²) in [7, 11) is 0. The van der Waals surface area contributed by atoms with Gasteiger partial charge in [-0.25, -0.2) is 4.98 Å². The van der Waals surface area contributed by atoms with E-state index in [0.29, 0.717) is 0 Å². The largest absolute Gasteiger partial charge is 0.507 e. The van der Waals surface area contributed by atoms with Crippen LogP contribution in [0, 0.1) is 0 Å². The van der Waals surface area contributed by atoms with E-state index < -0.39 is 0 Å². The molecule has 1 N–H and O–H groups in total. The van der Waals surface area contributed by atoms with Crippen LogP contribution in [0.25, 0.3) is 22.2 Å². The molecule has 0 radical (unpaired) electrons. The molecule has 0 saturated carbocycles. The smallest absolute Gasteiger partial charge is 0.127 e. The van der Waals surface area contributed by atoms with Gasteiger partial charge in [0.15, 0.2) is 0 Å². The number of aromatic hydroxyl groups is 1. The molecule has 1 aromatic heterocycles. The lowest BCUT2D eigenvalue weighted by atomic mass is 10.1. The second kappa shape index (κ2) is 4.42. The van der Waals surface area contributed by atoms with Crippen molar-refractivity contribution in [1.29, 1.82) is 0 Å². The number of rotatable bonds is 1. The summed E-state index contributed by atoms with van der Waals surface area (Å²) in [5.74, 6) is 0.256. The molecule has 0 unspecified atom stereocenters. The van der Waals surface area contributed by atoms with E-state index in [0.717, 1.165) is 26.6 Å². The van der Waals surface area contributed by atoms with Crippen molar-refractivity contribution in [2.75, 3.05) is 0 Å². The summed E-state index contributed by atoms with van der Waals surface area (Å²) < 4.78 is 0.951. The first-order chi connectivity index (χ1) is 8.74. The van der Waals surface area contributed by atoms with Crippen molar-refractivity contribution in [3.05, 3.63) is 59.1 Å². The van der Waals surface area contributed by atoms with Crippen molar-refractivity contribution in [3.8, 4) is 17.0 Å². The zero-order valence-electron chi connectivity index (χ0n) is 9.47. The first kappa shape index (κ1) is 11.2. The van der Waals surface area contributed by atoms with E-state index in [4.69, 9.17) is 0 Å². The van der Waals surface area contributed by atoms with Crippen molar-refractivity contribution >= 4 is 26.8 Å². The number of aromatic nitrogens is 1. The van der Waals surface area contributed by atoms with Gasteiger partial charge in [-0.1, -0.05) is 46.3 Å². The molecule has 0 amide bonds. The number of nitrogens with zero attached hydrogens (tertiary/aromatic N) is 1. The minimum Gasteiger partial charge on any atom is -0.507 e. The molecule has 2 aromatic carbocycles. The summed E-state index contributed by atoms with van der Waals surface area (Å²) in [4.78, 5) is 4.58. The molecule has 18 heavy (non-hydrogen) atoms. The van der Waals surface area contributed by atoms with E-state index in [-0.39, 0.29) is 5.75 Å². The Morgan fingerprint density at radius 3 is 2.50 bits per heavy atom. The zero-order valence-corrected chi connectivity index (χ0v) is 11.1. The van der Waals surface area contributed by atoms with Crippen LogP contribution in [0.1, 0.15) is 0 Å². The molecule has 0 spiro atoms. The fraction of sp³-hybridized carbons (Fsp3) is 0. The number of pyridine rings is 1. The third kappa shape index (κ3) is 1.97. The Kier molecular flexibility index (Phi) is 2.76. The lowest BCUT2D eigenvalue weighted by Crippen LogP contribution is -1.86. The topological polar surface area (TPSA) is 33.1 Å². The van der Waals surface area contributed by atoms with Gasteiger partial charge in [0.05, 0.1) is 11.2 Å². The maximum Gasteiger partial charge on any atom is 0.127 e. The highest BCUT2D eigenvalue weighted by Gasteiger charge is 2.06. The molecule has 0 fully saturated rings. The van der Waals surface area contributed by atoms with Crippen LogP contribution in [-0.4, -0.2) is 10.1 Å². The van der Waals surface area contributed by atoms with Crippen LogP contribution < -0.4 is 0 Å². The van der Waals surface area contributed by atoms with Crippen LogP contribution in [0.4, 0.5) is 0 Å². The number of hydrogen-bond donors (Lipinski definition) is 1. The van der Waals surface area contributed by atoms with Gasteiger partial charge >= 0.3 is 0 Å². The average molecular weight is 300 g/mol. The molecule has 2 nitrogen and oxygen atoms in total. The lowest BCUT2D eigenvalue weighted by Gasteiger charge is -2.06. The van der Waals surface area contributed by atoms with Crippen LogP contribution in [0.5, 0.6) is 5.75 Å². The van der Waals surface area contributed by atoms with Gasteiger partial charge in [-0.3, -0.25) is 0 Å². The van der Waals surface area contributed by atoms with Gasteiger partial charge in [0.2, 0.25) is 0 Å². The molecular weight excluding hydrogens is 290 g/mol. The Bertz CT molecular complexity index is 710. The maximum absolute atomic E-state index is 10.0. The fourth-order valence-corrected chi connectivity index (χ4v) is 2.29. The Hall–Kier alpha value is -1.87. The van der Waals surface area contributed by atoms with Crippen molar-refractivity contribution in [2.45, 2.75) is 0 Å². The number of benzene rings is 2. The Morgan fingerprint density at radius 2 is 1.72 bits per heavy atom. The number of fused-ring (bicyclic) bond motifs is 1. The minimum absolute atomic E-state index is 0.256. The van der Waals surface area contributed by atoms with Gasteiger partial charge < -0.3 is 5.11 Å². The van der Waals surface area contributed by atoms with E-state index in [9.17, 15) is 5.11 Å². The second-order valence-corrected chi connectivity index (χ2v) is 4.97. The number of halogens is 1. The van der Waals surface area contributed by atoms with Gasteiger partial charge in [0, 0.05) is 21.5 Å². The quantitative estimate of drug-likeness (QED) is 0.724. The first-order valence-electron chi connectivity index (χ1n) is 5.59. The average Bonchev–Trinajstić information content (AvgIpc) is 2.39. The standard InChI is InChI=1S/C15H10BrNO/c16-11-6-7-12-14(8-11)17-13(9-15(12)18)10-4-2-1-3-5-10/h1-9H,(H,17,18). The number of hydrogen-bond acceptors (Lipinski definition) is 2. The molecule has 0 saturated heterocycles. The highest BCUT2D eigenvalue weighted by atomic mass is 79.9. The molecule has 1 heterocycles. The van der Waals surface area contributed by atoms with Gasteiger partial charge in [-0.05, 0) is 18.2 Å². The molecule has 3 aromatic rings. The van der Waals surface area contributed by atoms with E-state index in [2.05, 4.69) is 20.9 Å². The first-order valence-corrected chi connectivity index (χ1v) is 6.38. The third-order valence-electron chi connectivity index (χ3n) is 2.82. The molecule has 3 rings (SSSR count). The molecule has 0 aliphatic heterocycles.